The minimum atomic E-state index is -0.635. The lowest BCUT2D eigenvalue weighted by atomic mass is 10.0. The number of methoxy groups -OCH3 is 1. The third kappa shape index (κ3) is 5.15. The molecule has 6 heteroatoms. The van der Waals surface area contributed by atoms with Crippen molar-refractivity contribution in [2.45, 2.75) is 12.5 Å². The number of para-hydroxylation sites is 1. The predicted molar refractivity (Wildman–Crippen MR) is 126 cm³/mol. The van der Waals surface area contributed by atoms with Crippen molar-refractivity contribution < 1.29 is 14.6 Å². The van der Waals surface area contributed by atoms with Crippen LogP contribution >= 0.6 is 0 Å². The second kappa shape index (κ2) is 10.4. The second-order valence-corrected chi connectivity index (χ2v) is 7.97. The van der Waals surface area contributed by atoms with E-state index in [-0.39, 0.29) is 5.91 Å². The number of aliphatic hydroxyl groups excluding tert-OH is 1. The maximum Gasteiger partial charge on any atom is 0.226 e. The van der Waals surface area contributed by atoms with Crippen molar-refractivity contribution in [3.63, 3.8) is 0 Å². The van der Waals surface area contributed by atoms with Crippen molar-refractivity contribution >= 4 is 22.9 Å². The van der Waals surface area contributed by atoms with Gasteiger partial charge in [0.1, 0.15) is 11.3 Å². The van der Waals surface area contributed by atoms with Crippen LogP contribution in [0.2, 0.25) is 0 Å². The van der Waals surface area contributed by atoms with Gasteiger partial charge in [0.05, 0.1) is 13.2 Å². The molecule has 32 heavy (non-hydrogen) atoms. The third-order valence-corrected chi connectivity index (χ3v) is 5.91. The van der Waals surface area contributed by atoms with Gasteiger partial charge in [0.15, 0.2) is 0 Å². The first-order chi connectivity index (χ1) is 15.7. The van der Waals surface area contributed by atoms with E-state index < -0.39 is 6.10 Å². The number of carbonyl (C=O) groups excluding carboxylic acids is 1. The van der Waals surface area contributed by atoms with E-state index in [0.29, 0.717) is 31.8 Å². The molecule has 2 aromatic carbocycles. The molecule has 1 aliphatic heterocycles. The van der Waals surface area contributed by atoms with E-state index in [1.54, 1.807) is 13.3 Å². The molecule has 1 aliphatic rings. The molecular weight excluding hydrogens is 402 g/mol. The van der Waals surface area contributed by atoms with Crippen LogP contribution in [0.15, 0.2) is 66.9 Å². The minimum Gasteiger partial charge on any atom is -0.494 e. The highest BCUT2D eigenvalue weighted by molar-refractivity contribution is 5.87. The smallest absolute Gasteiger partial charge is 0.226 e. The van der Waals surface area contributed by atoms with Crippen LogP contribution in [0.4, 0.5) is 0 Å². The Morgan fingerprint density at radius 2 is 1.88 bits per heavy atom. The molecule has 1 amide bonds. The zero-order valence-electron chi connectivity index (χ0n) is 18.4. The fourth-order valence-electron chi connectivity index (χ4n) is 4.14. The van der Waals surface area contributed by atoms with Crippen LogP contribution in [-0.2, 0) is 4.79 Å². The average Bonchev–Trinajstić information content (AvgIpc) is 2.84. The predicted octanol–water partition coefficient (Wildman–Crippen LogP) is 3.52. The Morgan fingerprint density at radius 3 is 2.62 bits per heavy atom. The van der Waals surface area contributed by atoms with Crippen LogP contribution in [0.1, 0.15) is 23.7 Å². The Morgan fingerprint density at radius 1 is 1.09 bits per heavy atom. The summed E-state index contributed by atoms with van der Waals surface area (Å²) >= 11 is 0. The summed E-state index contributed by atoms with van der Waals surface area (Å²) < 4.78 is 5.40. The summed E-state index contributed by atoms with van der Waals surface area (Å²) in [5, 5.41) is 11.8. The molecule has 1 saturated heterocycles. The van der Waals surface area contributed by atoms with Crippen LogP contribution in [-0.4, -0.2) is 65.6 Å². The van der Waals surface area contributed by atoms with Crippen molar-refractivity contribution in [2.24, 2.45) is 0 Å². The van der Waals surface area contributed by atoms with E-state index in [2.05, 4.69) is 9.88 Å². The molecule has 0 spiro atoms. The number of amides is 1. The van der Waals surface area contributed by atoms with Crippen LogP contribution in [0.25, 0.3) is 17.0 Å². The molecule has 1 aromatic heterocycles. The van der Waals surface area contributed by atoms with E-state index in [1.165, 1.54) is 0 Å². The molecule has 1 N–H and O–H groups in total. The topological polar surface area (TPSA) is 65.9 Å². The van der Waals surface area contributed by atoms with Crippen molar-refractivity contribution in [3.8, 4) is 5.75 Å². The highest BCUT2D eigenvalue weighted by atomic mass is 16.5. The minimum absolute atomic E-state index is 0.143. The van der Waals surface area contributed by atoms with Crippen LogP contribution in [0, 0.1) is 0 Å². The number of piperazine rings is 1. The first-order valence-corrected chi connectivity index (χ1v) is 11.0. The third-order valence-electron chi connectivity index (χ3n) is 5.91. The lowest BCUT2D eigenvalue weighted by Gasteiger charge is -2.35. The molecule has 3 aromatic rings. The Labute approximate surface area is 188 Å². The van der Waals surface area contributed by atoms with Gasteiger partial charge in [-0.1, -0.05) is 54.6 Å². The molecule has 6 nitrogen and oxygen atoms in total. The first kappa shape index (κ1) is 22.0. The number of nitrogens with zero attached hydrogens (tertiary/aromatic N) is 3. The summed E-state index contributed by atoms with van der Waals surface area (Å²) in [6.45, 7) is 3.37. The Balaban J connectivity index is 1.31. The Hall–Kier alpha value is -3.22. The zero-order chi connectivity index (χ0) is 22.3. The number of fused-ring (bicyclic) bond motifs is 1. The number of carbonyl (C=O) groups is 1. The maximum absolute atomic E-state index is 12.5. The summed E-state index contributed by atoms with van der Waals surface area (Å²) in [5.41, 5.74) is 2.70. The number of β-amino-alcohol motifs (C(OH)–C–C–N with tert-alkyl or cyclic N) is 1. The summed E-state index contributed by atoms with van der Waals surface area (Å²) in [7, 11) is 1.62. The number of rotatable bonds is 7. The zero-order valence-corrected chi connectivity index (χ0v) is 18.4. The number of hydrogen-bond acceptors (Lipinski definition) is 5. The van der Waals surface area contributed by atoms with Gasteiger partial charge in [0, 0.05) is 50.7 Å². The van der Waals surface area contributed by atoms with Gasteiger partial charge in [-0.15, -0.1) is 0 Å². The molecular formula is C26H29N3O3. The highest BCUT2D eigenvalue weighted by Crippen LogP contribution is 2.29. The van der Waals surface area contributed by atoms with Gasteiger partial charge in [-0.3, -0.25) is 14.7 Å². The lowest BCUT2D eigenvalue weighted by Crippen LogP contribution is -2.49. The average molecular weight is 432 g/mol. The molecule has 0 bridgehead atoms. The van der Waals surface area contributed by atoms with Crippen molar-refractivity contribution in [1.29, 1.82) is 0 Å². The fourth-order valence-corrected chi connectivity index (χ4v) is 4.14. The van der Waals surface area contributed by atoms with E-state index in [0.717, 1.165) is 35.1 Å². The van der Waals surface area contributed by atoms with Gasteiger partial charge in [0.25, 0.3) is 0 Å². The van der Waals surface area contributed by atoms with Gasteiger partial charge in [-0.2, -0.15) is 0 Å². The summed E-state index contributed by atoms with van der Waals surface area (Å²) in [4.78, 5) is 21.1. The number of aromatic nitrogens is 1. The SMILES string of the molecule is COc1cccc2c([C@H](O)CN3CCN(C(=O)C/C=C/c4ccccc4)CC3)ccnc12. The van der Waals surface area contributed by atoms with Crippen molar-refractivity contribution in [3.05, 3.63) is 78.0 Å². The summed E-state index contributed by atoms with van der Waals surface area (Å²) in [6, 6.07) is 17.6. The van der Waals surface area contributed by atoms with Gasteiger partial charge < -0.3 is 14.7 Å². The molecule has 0 aliphatic carbocycles. The van der Waals surface area contributed by atoms with E-state index in [9.17, 15) is 9.90 Å². The molecule has 0 unspecified atom stereocenters. The molecule has 166 valence electrons. The standard InChI is InChI=1S/C26H29N3O3/c1-32-24-11-6-10-22-21(13-14-27-26(22)24)23(30)19-28-15-17-29(18-16-28)25(31)12-5-9-20-7-3-2-4-8-20/h2-11,13-14,23,30H,12,15-19H2,1H3/b9-5+/t23-/m1/s1. The first-order valence-electron chi connectivity index (χ1n) is 11.0. The number of benzene rings is 2. The van der Waals surface area contributed by atoms with Gasteiger partial charge in [0.2, 0.25) is 5.91 Å². The largest absolute Gasteiger partial charge is 0.494 e. The quantitative estimate of drug-likeness (QED) is 0.620. The van der Waals surface area contributed by atoms with Crippen LogP contribution in [0.3, 0.4) is 0 Å². The molecule has 1 atom stereocenters. The van der Waals surface area contributed by atoms with E-state index in [4.69, 9.17) is 4.74 Å². The maximum atomic E-state index is 12.5. The summed E-state index contributed by atoms with van der Waals surface area (Å²) in [5.74, 6) is 0.842. The Bertz CT molecular complexity index is 1080. The van der Waals surface area contributed by atoms with Gasteiger partial charge >= 0.3 is 0 Å². The monoisotopic (exact) mass is 431 g/mol. The molecule has 4 rings (SSSR count). The number of pyridine rings is 1. The fraction of sp³-hybridized carbons (Fsp3) is 0.308. The molecule has 0 radical (unpaired) electrons. The van der Waals surface area contributed by atoms with Gasteiger partial charge in [-0.25, -0.2) is 0 Å². The number of ether oxygens (including phenoxy) is 1. The van der Waals surface area contributed by atoms with Crippen LogP contribution < -0.4 is 4.74 Å². The Kier molecular flexibility index (Phi) is 7.14. The van der Waals surface area contributed by atoms with E-state index >= 15 is 0 Å². The summed E-state index contributed by atoms with van der Waals surface area (Å²) in [6.07, 6.45) is 5.39. The number of aliphatic hydroxyl groups is 1. The van der Waals surface area contributed by atoms with Crippen LogP contribution in [0.5, 0.6) is 5.75 Å². The number of hydrogen-bond donors (Lipinski definition) is 1. The van der Waals surface area contributed by atoms with Gasteiger partial charge in [-0.05, 0) is 23.3 Å². The normalized spacial score (nSPS) is 15.9. The molecule has 1 fully saturated rings. The van der Waals surface area contributed by atoms with Crippen molar-refractivity contribution in [2.75, 3.05) is 39.8 Å². The molecule has 0 saturated carbocycles. The molecule has 2 heterocycles. The van der Waals surface area contributed by atoms with Crippen molar-refractivity contribution in [1.82, 2.24) is 14.8 Å². The highest BCUT2D eigenvalue weighted by Gasteiger charge is 2.23. The second-order valence-electron chi connectivity index (χ2n) is 7.97. The van der Waals surface area contributed by atoms with E-state index in [1.807, 2.05) is 71.6 Å². The lowest BCUT2D eigenvalue weighted by molar-refractivity contribution is -0.132.